The zero-order chi connectivity index (χ0) is 25.4. The molecule has 4 aromatic rings. The number of aromatic amines is 1. The molecule has 2 atom stereocenters. The second-order valence-corrected chi connectivity index (χ2v) is 11.0. The summed E-state index contributed by atoms with van der Waals surface area (Å²) in [5, 5.41) is 0. The van der Waals surface area contributed by atoms with Crippen molar-refractivity contribution in [3.63, 3.8) is 0 Å². The van der Waals surface area contributed by atoms with Crippen LogP contribution in [-0.2, 0) is 9.84 Å². The van der Waals surface area contributed by atoms with Gasteiger partial charge in [0.15, 0.2) is 11.5 Å². The number of sulfone groups is 1. The Kier molecular flexibility index (Phi) is 6.17. The second-order valence-electron chi connectivity index (χ2n) is 8.81. The smallest absolute Gasteiger partial charge is 0.327 e. The van der Waals surface area contributed by atoms with Gasteiger partial charge >= 0.3 is 5.69 Å². The van der Waals surface area contributed by atoms with Crippen molar-refractivity contribution in [3.05, 3.63) is 82.3 Å². The summed E-state index contributed by atoms with van der Waals surface area (Å²) in [6.45, 7) is 2.27. The molecular weight excluding hydrogens is 478 g/mol. The molecule has 0 amide bonds. The summed E-state index contributed by atoms with van der Waals surface area (Å²) in [6, 6.07) is 18.3. The van der Waals surface area contributed by atoms with E-state index in [-0.39, 0.29) is 17.5 Å². The van der Waals surface area contributed by atoms with Crippen molar-refractivity contribution < 1.29 is 17.9 Å². The van der Waals surface area contributed by atoms with Crippen LogP contribution in [0.1, 0.15) is 30.1 Å². The quantitative estimate of drug-likeness (QED) is 0.368. The van der Waals surface area contributed by atoms with Crippen LogP contribution in [0.2, 0.25) is 0 Å². The van der Waals surface area contributed by atoms with Crippen LogP contribution in [0.25, 0.3) is 22.2 Å². The van der Waals surface area contributed by atoms with Crippen molar-refractivity contribution in [1.82, 2.24) is 9.55 Å². The number of hydrogen-bond acceptors (Lipinski definition) is 6. The lowest BCUT2D eigenvalue weighted by molar-refractivity contribution is 0.310. The minimum atomic E-state index is -3.44. The predicted molar refractivity (Wildman–Crippen MR) is 141 cm³/mol. The number of aromatic nitrogens is 2. The van der Waals surface area contributed by atoms with Crippen LogP contribution in [0, 0.1) is 0 Å². The number of rotatable bonds is 9. The summed E-state index contributed by atoms with van der Waals surface area (Å²) in [6.07, 6.45) is 3.07. The van der Waals surface area contributed by atoms with Crippen molar-refractivity contribution in [1.29, 1.82) is 0 Å². The fourth-order valence-electron chi connectivity index (χ4n) is 4.60. The van der Waals surface area contributed by atoms with Crippen LogP contribution in [0.4, 0.5) is 0 Å². The van der Waals surface area contributed by atoms with Crippen LogP contribution < -0.4 is 15.2 Å². The molecule has 0 spiro atoms. The molecule has 0 bridgehead atoms. The van der Waals surface area contributed by atoms with E-state index in [9.17, 15) is 13.2 Å². The molecule has 0 aliphatic carbocycles. The Balaban J connectivity index is 1.64. The van der Waals surface area contributed by atoms with Gasteiger partial charge in [0.2, 0.25) is 0 Å². The standard InChI is InChI=1S/C27H27N3O5S/c1-4-35-26-14-18(10-12-25(26)34-2)24(16-36(3,32)33)30-23-11-9-17(13-21(23)29-27(30)31)19-7-5-6-8-20(19)22-15-28-22/h5-15,22,24H,4,16H2,1-3H3,(H,29,31)/t22?,24-/m1/s1. The molecule has 36 heavy (non-hydrogen) atoms. The minimum absolute atomic E-state index is 0.0919. The van der Waals surface area contributed by atoms with E-state index in [1.54, 1.807) is 25.3 Å². The molecule has 5 rings (SSSR count). The SMILES string of the molecule is CCOc1cc([C@@H](CS(C)(=O)=O)n2c(=O)[nH]c3cc(-c4ccccc4C4C=N4)ccc32)ccc1OC. The molecule has 186 valence electrons. The molecule has 2 heterocycles. The Bertz CT molecular complexity index is 1630. The Morgan fingerprint density at radius 2 is 1.86 bits per heavy atom. The van der Waals surface area contributed by atoms with Gasteiger partial charge in [0, 0.05) is 12.5 Å². The van der Waals surface area contributed by atoms with Crippen LogP contribution in [0.3, 0.4) is 0 Å². The summed E-state index contributed by atoms with van der Waals surface area (Å²) in [7, 11) is -1.90. The van der Waals surface area contributed by atoms with E-state index in [4.69, 9.17) is 9.47 Å². The average molecular weight is 506 g/mol. The van der Waals surface area contributed by atoms with E-state index < -0.39 is 15.9 Å². The number of methoxy groups -OCH3 is 1. The predicted octanol–water partition coefficient (Wildman–Crippen LogP) is 4.16. The van der Waals surface area contributed by atoms with Crippen molar-refractivity contribution in [2.24, 2.45) is 4.99 Å². The number of aliphatic imine (C=N–C) groups is 1. The summed E-state index contributed by atoms with van der Waals surface area (Å²) in [4.78, 5) is 20.5. The van der Waals surface area contributed by atoms with Crippen LogP contribution >= 0.6 is 0 Å². The summed E-state index contributed by atoms with van der Waals surface area (Å²) in [5.41, 5.74) is 4.59. The lowest BCUT2D eigenvalue weighted by Gasteiger charge is -2.20. The highest BCUT2D eigenvalue weighted by Gasteiger charge is 2.26. The number of fused-ring (bicyclic) bond motifs is 1. The molecular formula is C27H27N3O5S. The number of H-pyrrole nitrogens is 1. The molecule has 0 fully saturated rings. The molecule has 1 N–H and O–H groups in total. The third kappa shape index (κ3) is 4.66. The molecule has 0 saturated carbocycles. The number of hydrogen-bond donors (Lipinski definition) is 1. The van der Waals surface area contributed by atoms with Gasteiger partial charge < -0.3 is 14.5 Å². The number of nitrogens with zero attached hydrogens (tertiary/aromatic N) is 2. The van der Waals surface area contributed by atoms with E-state index >= 15 is 0 Å². The number of imidazole rings is 1. The summed E-state index contributed by atoms with van der Waals surface area (Å²) >= 11 is 0. The van der Waals surface area contributed by atoms with Crippen molar-refractivity contribution in [2.75, 3.05) is 25.7 Å². The molecule has 0 radical (unpaired) electrons. The van der Waals surface area contributed by atoms with Gasteiger partial charge in [-0.25, -0.2) is 13.2 Å². The molecule has 1 aliphatic heterocycles. The molecule has 1 aliphatic rings. The molecule has 8 nitrogen and oxygen atoms in total. The minimum Gasteiger partial charge on any atom is -0.493 e. The highest BCUT2D eigenvalue weighted by molar-refractivity contribution is 7.90. The maximum Gasteiger partial charge on any atom is 0.327 e. The van der Waals surface area contributed by atoms with Gasteiger partial charge in [0.1, 0.15) is 15.9 Å². The highest BCUT2D eigenvalue weighted by atomic mass is 32.2. The van der Waals surface area contributed by atoms with E-state index in [1.807, 2.05) is 55.6 Å². The van der Waals surface area contributed by atoms with Gasteiger partial charge in [-0.1, -0.05) is 36.4 Å². The fourth-order valence-corrected chi connectivity index (χ4v) is 5.52. The fraction of sp³-hybridized carbons (Fsp3) is 0.259. The Morgan fingerprint density at radius 3 is 2.56 bits per heavy atom. The van der Waals surface area contributed by atoms with E-state index in [0.29, 0.717) is 34.7 Å². The van der Waals surface area contributed by atoms with Gasteiger partial charge in [0.25, 0.3) is 0 Å². The number of nitrogens with one attached hydrogen (secondary N) is 1. The topological polar surface area (TPSA) is 103 Å². The average Bonchev–Trinajstić information content (AvgIpc) is 3.64. The molecule has 0 saturated heterocycles. The molecule has 9 heteroatoms. The highest BCUT2D eigenvalue weighted by Crippen LogP contribution is 2.36. The first-order valence-electron chi connectivity index (χ1n) is 11.6. The maximum absolute atomic E-state index is 13.2. The Labute approximate surface area is 209 Å². The number of ether oxygens (including phenoxy) is 2. The van der Waals surface area contributed by atoms with Gasteiger partial charge in [-0.05, 0) is 53.4 Å². The van der Waals surface area contributed by atoms with E-state index in [0.717, 1.165) is 16.7 Å². The molecule has 3 aromatic carbocycles. The van der Waals surface area contributed by atoms with Gasteiger partial charge in [-0.15, -0.1) is 0 Å². The van der Waals surface area contributed by atoms with Crippen molar-refractivity contribution in [3.8, 4) is 22.6 Å². The Morgan fingerprint density at radius 1 is 1.08 bits per heavy atom. The van der Waals surface area contributed by atoms with Crippen LogP contribution in [-0.4, -0.2) is 49.9 Å². The molecule has 1 unspecified atom stereocenters. The zero-order valence-corrected chi connectivity index (χ0v) is 21.1. The van der Waals surface area contributed by atoms with Crippen LogP contribution in [0.15, 0.2) is 70.5 Å². The normalized spacial score (nSPS) is 15.7. The summed E-state index contributed by atoms with van der Waals surface area (Å²) in [5.74, 6) is 0.777. The first kappa shape index (κ1) is 23.9. The zero-order valence-electron chi connectivity index (χ0n) is 20.3. The van der Waals surface area contributed by atoms with E-state index in [1.165, 1.54) is 10.8 Å². The van der Waals surface area contributed by atoms with Gasteiger partial charge in [0.05, 0.1) is 36.5 Å². The summed E-state index contributed by atoms with van der Waals surface area (Å²) < 4.78 is 37.5. The third-order valence-electron chi connectivity index (χ3n) is 6.25. The van der Waals surface area contributed by atoms with Gasteiger partial charge in [-0.2, -0.15) is 0 Å². The first-order valence-corrected chi connectivity index (χ1v) is 13.7. The first-order chi connectivity index (χ1) is 17.3. The molecule has 1 aromatic heterocycles. The largest absolute Gasteiger partial charge is 0.493 e. The second kappa shape index (κ2) is 9.31. The van der Waals surface area contributed by atoms with Crippen molar-refractivity contribution >= 4 is 27.1 Å². The number of benzene rings is 3. The lowest BCUT2D eigenvalue weighted by atomic mass is 9.97. The van der Waals surface area contributed by atoms with Crippen molar-refractivity contribution in [2.45, 2.75) is 19.0 Å². The monoisotopic (exact) mass is 505 g/mol. The lowest BCUT2D eigenvalue weighted by Crippen LogP contribution is -2.28. The van der Waals surface area contributed by atoms with E-state index in [2.05, 4.69) is 9.98 Å². The Hall–Kier alpha value is -3.85. The van der Waals surface area contributed by atoms with Gasteiger partial charge in [-0.3, -0.25) is 9.56 Å². The third-order valence-corrected chi connectivity index (χ3v) is 7.17. The maximum atomic E-state index is 13.2. The van der Waals surface area contributed by atoms with Crippen LogP contribution in [0.5, 0.6) is 11.5 Å².